The largest absolute Gasteiger partial charge is 0.472 e. The van der Waals surface area contributed by atoms with Crippen LogP contribution in [0, 0.1) is 5.82 Å². The molecule has 3 nitrogen and oxygen atoms in total. The molecule has 0 radical (unpaired) electrons. The number of ether oxygens (including phenoxy) is 1. The van der Waals surface area contributed by atoms with E-state index in [4.69, 9.17) is 14.7 Å². The van der Waals surface area contributed by atoms with Crippen molar-refractivity contribution in [3.05, 3.63) is 204 Å². The summed E-state index contributed by atoms with van der Waals surface area (Å²) in [5, 5.41) is 2.21. The molecule has 1 atom stereocenters. The minimum absolute atomic E-state index is 0.238. The smallest absolute Gasteiger partial charge is 0.178 e. The van der Waals surface area contributed by atoms with E-state index in [0.717, 1.165) is 61.3 Å². The zero-order valence-electron chi connectivity index (χ0n) is 29.9. The summed E-state index contributed by atoms with van der Waals surface area (Å²) in [5.74, 6) is 1.16. The van der Waals surface area contributed by atoms with Gasteiger partial charge in [0.2, 0.25) is 0 Å². The third kappa shape index (κ3) is 4.94. The van der Waals surface area contributed by atoms with Gasteiger partial charge in [0.15, 0.2) is 11.4 Å². The quantitative estimate of drug-likeness (QED) is 0.179. The molecule has 0 saturated carbocycles. The molecule has 0 N–H and O–H groups in total. The Balaban J connectivity index is 1.14. The summed E-state index contributed by atoms with van der Waals surface area (Å²) in [5.41, 5.74) is 11.3. The van der Waals surface area contributed by atoms with E-state index >= 15 is 0 Å². The topological polar surface area (TPSA) is 35.0 Å². The van der Waals surface area contributed by atoms with E-state index in [1.807, 2.05) is 54.6 Å². The van der Waals surface area contributed by atoms with Gasteiger partial charge in [-0.15, -0.1) is 0 Å². The monoisotopic (exact) mass is 698 g/mol. The number of hydrogen-bond donors (Lipinski definition) is 0. The van der Waals surface area contributed by atoms with Crippen LogP contribution in [0.5, 0.6) is 5.75 Å². The fourth-order valence-electron chi connectivity index (χ4n) is 8.53. The molecule has 2 heterocycles. The van der Waals surface area contributed by atoms with E-state index in [1.165, 1.54) is 34.4 Å². The second-order valence-electron chi connectivity index (χ2n) is 14.7. The molecule has 0 amide bonds. The van der Waals surface area contributed by atoms with Crippen molar-refractivity contribution in [2.45, 2.75) is 24.9 Å². The molecular weight excluding hydrogens is 664 g/mol. The summed E-state index contributed by atoms with van der Waals surface area (Å²) < 4.78 is 21.9. The lowest BCUT2D eigenvalue weighted by Crippen LogP contribution is -2.35. The number of rotatable bonds is 5. The summed E-state index contributed by atoms with van der Waals surface area (Å²) in [6.07, 6.45) is 4.37. The van der Waals surface area contributed by atoms with Crippen LogP contribution in [0.1, 0.15) is 41.7 Å². The molecule has 1 aliphatic heterocycles. The fraction of sp³-hybridized carbons (Fsp3) is 0.0800. The molecule has 10 rings (SSSR count). The highest BCUT2D eigenvalue weighted by atomic mass is 19.1. The molecule has 0 saturated heterocycles. The van der Waals surface area contributed by atoms with Crippen LogP contribution >= 0.6 is 0 Å². The lowest BCUT2D eigenvalue weighted by atomic mass is 9.77. The molecular formula is C50H35FN2O. The summed E-state index contributed by atoms with van der Waals surface area (Å²) >= 11 is 0. The first-order chi connectivity index (χ1) is 26.4. The Morgan fingerprint density at radius 1 is 0.556 bits per heavy atom. The lowest BCUT2D eigenvalue weighted by Gasteiger charge is -2.38. The van der Waals surface area contributed by atoms with Gasteiger partial charge in [0.05, 0.1) is 11.4 Å². The van der Waals surface area contributed by atoms with E-state index in [1.54, 1.807) is 0 Å². The highest BCUT2D eigenvalue weighted by Gasteiger charge is 2.44. The van der Waals surface area contributed by atoms with Crippen LogP contribution in [-0.2, 0) is 11.0 Å². The van der Waals surface area contributed by atoms with Gasteiger partial charge in [-0.2, -0.15) is 0 Å². The van der Waals surface area contributed by atoms with Gasteiger partial charge in [0.25, 0.3) is 0 Å². The third-order valence-corrected chi connectivity index (χ3v) is 11.2. The Kier molecular flexibility index (Phi) is 7.24. The van der Waals surface area contributed by atoms with Crippen molar-refractivity contribution in [1.82, 2.24) is 9.97 Å². The molecule has 1 unspecified atom stereocenters. The minimum Gasteiger partial charge on any atom is -0.472 e. The Hall–Kier alpha value is -6.65. The van der Waals surface area contributed by atoms with Gasteiger partial charge in [0, 0.05) is 44.2 Å². The van der Waals surface area contributed by atoms with Crippen molar-refractivity contribution in [2.24, 2.45) is 0 Å². The van der Waals surface area contributed by atoms with Crippen LogP contribution in [0.25, 0.3) is 61.9 Å². The molecule has 1 aromatic heterocycles. The van der Waals surface area contributed by atoms with Crippen LogP contribution in [0.3, 0.4) is 0 Å². The summed E-state index contributed by atoms with van der Waals surface area (Å²) in [4.78, 5) is 10.1. The van der Waals surface area contributed by atoms with Crippen molar-refractivity contribution in [3.63, 3.8) is 0 Å². The molecule has 2 aliphatic rings. The van der Waals surface area contributed by atoms with Crippen molar-refractivity contribution in [2.75, 3.05) is 0 Å². The van der Waals surface area contributed by atoms with Gasteiger partial charge < -0.3 is 4.74 Å². The lowest BCUT2D eigenvalue weighted by molar-refractivity contribution is 0.163. The number of fused-ring (bicyclic) bond motifs is 8. The Morgan fingerprint density at radius 3 is 1.76 bits per heavy atom. The zero-order valence-corrected chi connectivity index (χ0v) is 29.9. The fourth-order valence-corrected chi connectivity index (χ4v) is 8.53. The summed E-state index contributed by atoms with van der Waals surface area (Å²) in [7, 11) is 0. The van der Waals surface area contributed by atoms with Crippen LogP contribution in [0.2, 0.25) is 0 Å². The number of hydrogen-bond acceptors (Lipinski definition) is 3. The first-order valence-corrected chi connectivity index (χ1v) is 18.3. The van der Waals surface area contributed by atoms with Gasteiger partial charge in [-0.05, 0) is 51.9 Å². The third-order valence-electron chi connectivity index (χ3n) is 11.2. The molecule has 0 fully saturated rings. The van der Waals surface area contributed by atoms with Gasteiger partial charge in [0.1, 0.15) is 11.6 Å². The molecule has 258 valence electrons. The number of halogens is 1. The summed E-state index contributed by atoms with van der Waals surface area (Å²) in [6.45, 7) is 4.61. The van der Waals surface area contributed by atoms with Crippen molar-refractivity contribution >= 4 is 16.8 Å². The highest BCUT2D eigenvalue weighted by Crippen LogP contribution is 2.58. The summed E-state index contributed by atoms with van der Waals surface area (Å²) in [6, 6.07) is 54.7. The van der Waals surface area contributed by atoms with Crippen molar-refractivity contribution in [1.29, 1.82) is 0 Å². The highest BCUT2D eigenvalue weighted by molar-refractivity contribution is 6.08. The van der Waals surface area contributed by atoms with E-state index in [2.05, 4.69) is 123 Å². The average molecular weight is 699 g/mol. The molecule has 0 spiro atoms. The van der Waals surface area contributed by atoms with E-state index in [9.17, 15) is 4.39 Å². The second-order valence-corrected chi connectivity index (χ2v) is 14.7. The van der Waals surface area contributed by atoms with Gasteiger partial charge >= 0.3 is 0 Å². The van der Waals surface area contributed by atoms with Crippen molar-refractivity contribution < 1.29 is 9.13 Å². The predicted octanol–water partition coefficient (Wildman–Crippen LogP) is 12.4. The Bertz CT molecular complexity index is 2700. The maximum atomic E-state index is 14.5. The van der Waals surface area contributed by atoms with E-state index < -0.39 is 5.60 Å². The minimum atomic E-state index is -1.03. The molecule has 0 bridgehead atoms. The molecule has 7 aromatic carbocycles. The zero-order chi connectivity index (χ0) is 36.4. The van der Waals surface area contributed by atoms with Crippen LogP contribution in [-0.4, -0.2) is 9.97 Å². The van der Waals surface area contributed by atoms with Crippen LogP contribution in [0.4, 0.5) is 4.39 Å². The average Bonchev–Trinajstić information content (AvgIpc) is 3.48. The predicted molar refractivity (Wildman–Crippen MR) is 217 cm³/mol. The van der Waals surface area contributed by atoms with Crippen LogP contribution < -0.4 is 4.74 Å². The standard InChI is InChI=1S/C50H35FN2O/c1-49(2)42-20-12-11-19-40(42)45-38-17-9-10-18-39(38)47-41(46(45)49)29-30-50(54-47,36-25-27-37(51)28-26-36)35-23-21-34(22-24-35)48-52-43(32-13-5-3-6-14-32)31-44(53-48)33-15-7-4-8-16-33/h3-31H,1-2H3. The first kappa shape index (κ1) is 32.0. The normalized spacial score (nSPS) is 16.4. The second kappa shape index (κ2) is 12.2. The Morgan fingerprint density at radius 2 is 1.11 bits per heavy atom. The van der Waals surface area contributed by atoms with Gasteiger partial charge in [-0.3, -0.25) is 0 Å². The van der Waals surface area contributed by atoms with Crippen LogP contribution in [0.15, 0.2) is 170 Å². The van der Waals surface area contributed by atoms with E-state index in [-0.39, 0.29) is 11.2 Å². The molecule has 4 heteroatoms. The first-order valence-electron chi connectivity index (χ1n) is 18.3. The molecule has 8 aromatic rings. The number of nitrogens with zero attached hydrogens (tertiary/aromatic N) is 2. The van der Waals surface area contributed by atoms with Gasteiger partial charge in [-0.1, -0.05) is 166 Å². The molecule has 54 heavy (non-hydrogen) atoms. The Labute approximate surface area is 314 Å². The van der Waals surface area contributed by atoms with E-state index in [0.29, 0.717) is 5.82 Å². The maximum Gasteiger partial charge on any atom is 0.178 e. The SMILES string of the molecule is CC1(C)c2ccccc2-c2c1c1c(c3ccccc23)OC(c2ccc(F)cc2)(c2ccc(-c3nc(-c4ccccc4)cc(-c4ccccc4)n3)cc2)C=C1. The van der Waals surface area contributed by atoms with Crippen molar-refractivity contribution in [3.8, 4) is 50.8 Å². The number of benzene rings is 7. The van der Waals surface area contributed by atoms with Gasteiger partial charge in [-0.25, -0.2) is 14.4 Å². The maximum absolute atomic E-state index is 14.5. The number of aromatic nitrogens is 2. The molecule has 1 aliphatic carbocycles.